The number of alkyl halides is 5. The van der Waals surface area contributed by atoms with Crippen LogP contribution in [0.3, 0.4) is 0 Å². The van der Waals surface area contributed by atoms with E-state index < -0.39 is 53.0 Å². The van der Waals surface area contributed by atoms with E-state index in [-0.39, 0.29) is 42.6 Å². The summed E-state index contributed by atoms with van der Waals surface area (Å²) < 4.78 is 134. The van der Waals surface area contributed by atoms with Crippen molar-refractivity contribution in [3.63, 3.8) is 0 Å². The average molecular weight is 495 g/mol. The van der Waals surface area contributed by atoms with E-state index in [4.69, 9.17) is 0 Å². The molecule has 0 radical (unpaired) electrons. The van der Waals surface area contributed by atoms with Crippen molar-refractivity contribution in [3.8, 4) is 0 Å². The van der Waals surface area contributed by atoms with E-state index in [2.05, 4.69) is 0 Å². The van der Waals surface area contributed by atoms with Crippen LogP contribution < -0.4 is 4.13 Å². The van der Waals surface area contributed by atoms with Crippen molar-refractivity contribution in [2.24, 2.45) is 0 Å². The molecule has 0 bridgehead atoms. The molecular formula is C11H18F5N3O7S3. The Bertz CT molecular complexity index is 924. The lowest BCUT2D eigenvalue weighted by Gasteiger charge is -2.34. The summed E-state index contributed by atoms with van der Waals surface area (Å²) in [5.41, 5.74) is -6.07. The Morgan fingerprint density at radius 2 is 1.38 bits per heavy atom. The molecular weight excluding hydrogens is 477 g/mol. The van der Waals surface area contributed by atoms with Gasteiger partial charge in [0.15, 0.2) is 0 Å². The van der Waals surface area contributed by atoms with Crippen molar-refractivity contribution >= 4 is 35.9 Å². The lowest BCUT2D eigenvalue weighted by molar-refractivity contribution is -0.118. The van der Waals surface area contributed by atoms with Crippen molar-refractivity contribution in [1.29, 1.82) is 0 Å². The second-order valence-electron chi connectivity index (χ2n) is 6.28. The monoisotopic (exact) mass is 495 g/mol. The predicted octanol–water partition coefficient (Wildman–Crippen LogP) is -1.07. The quantitative estimate of drug-likeness (QED) is 0.399. The van der Waals surface area contributed by atoms with Gasteiger partial charge in [-0.2, -0.15) is 17.5 Å². The van der Waals surface area contributed by atoms with Gasteiger partial charge in [-0.3, -0.25) is 9.69 Å². The molecule has 0 amide bonds. The number of halogens is 5. The maximum Gasteiger partial charge on any atom is 0.512 e. The number of Topliss-reactive ketones (excluding diaryl/α,β-unsaturated/α-hetero) is 1. The smallest absolute Gasteiger partial charge is 0.299 e. The van der Waals surface area contributed by atoms with Gasteiger partial charge in [-0.05, 0) is 6.92 Å². The van der Waals surface area contributed by atoms with Gasteiger partial charge >= 0.3 is 15.5 Å². The third-order valence-corrected chi connectivity index (χ3v) is 8.75. The first-order valence-electron chi connectivity index (χ1n) is 7.66. The largest absolute Gasteiger partial charge is 0.512 e. The van der Waals surface area contributed by atoms with Crippen molar-refractivity contribution in [1.82, 2.24) is 13.3 Å². The number of carbonyl (C=O) groups excluding carboxylic acids is 1. The Balaban J connectivity index is 2.82. The molecule has 172 valence electrons. The van der Waals surface area contributed by atoms with Crippen LogP contribution in [-0.2, 0) is 34.9 Å². The fourth-order valence-electron chi connectivity index (χ4n) is 2.40. The molecule has 10 nitrogen and oxygen atoms in total. The number of nitrogens with zero attached hydrogens (tertiary/aromatic N) is 2. The highest BCUT2D eigenvalue weighted by Crippen LogP contribution is 2.25. The molecule has 1 rings (SSSR count). The van der Waals surface area contributed by atoms with Crippen molar-refractivity contribution in [2.75, 3.05) is 44.2 Å². The third-order valence-electron chi connectivity index (χ3n) is 3.51. The van der Waals surface area contributed by atoms with Gasteiger partial charge in [-0.15, -0.1) is 4.13 Å². The van der Waals surface area contributed by atoms with Crippen molar-refractivity contribution in [3.05, 3.63) is 0 Å². The molecule has 0 aromatic carbocycles. The van der Waals surface area contributed by atoms with Gasteiger partial charge in [0.25, 0.3) is 5.92 Å². The molecule has 1 saturated heterocycles. The molecule has 0 aromatic rings. The Hall–Kier alpha value is -0.950. The first-order valence-corrected chi connectivity index (χ1v) is 12.4. The summed E-state index contributed by atoms with van der Waals surface area (Å²) in [6.07, 6.45) is 0. The van der Waals surface area contributed by atoms with Crippen LogP contribution in [-0.4, -0.2) is 95.9 Å². The Morgan fingerprint density at radius 1 is 0.897 bits per heavy atom. The minimum Gasteiger partial charge on any atom is -0.299 e. The van der Waals surface area contributed by atoms with E-state index >= 15 is 0 Å². The van der Waals surface area contributed by atoms with Crippen LogP contribution in [0.15, 0.2) is 0 Å². The maximum absolute atomic E-state index is 13.9. The Morgan fingerprint density at radius 3 is 1.79 bits per heavy atom. The molecule has 1 fully saturated rings. The first-order chi connectivity index (χ1) is 12.8. The molecule has 0 aromatic heterocycles. The standard InChI is InChI=1S/C11H18F5N3O7S3/c1-9(20)6-18-2-4-19(5-3-18)28(23,24)8-10(12,13)7-27(21,22)17-29(25,26)11(14,15)16/h17H,2-8H2,1H3. The van der Waals surface area contributed by atoms with Gasteiger partial charge in [-0.1, -0.05) is 0 Å². The lowest BCUT2D eigenvalue weighted by atomic mass is 10.3. The molecule has 0 unspecified atom stereocenters. The summed E-state index contributed by atoms with van der Waals surface area (Å²) in [5, 5.41) is 0. The molecule has 1 N–H and O–H groups in total. The SMILES string of the molecule is CC(=O)CN1CCN(S(=O)(=O)CC(F)(F)CS(=O)(=O)NS(=O)(=O)C(F)(F)F)CC1. The topological polar surface area (TPSA) is 138 Å². The molecule has 18 heteroatoms. The van der Waals surface area contributed by atoms with E-state index in [1.807, 2.05) is 0 Å². The summed E-state index contributed by atoms with van der Waals surface area (Å²) in [6, 6.07) is 0. The number of piperazine rings is 1. The molecule has 1 aliphatic rings. The summed E-state index contributed by atoms with van der Waals surface area (Å²) >= 11 is 0. The number of ketones is 1. The Labute approximate surface area is 164 Å². The zero-order chi connectivity index (χ0) is 22.9. The van der Waals surface area contributed by atoms with Gasteiger partial charge in [0.05, 0.1) is 6.54 Å². The minimum absolute atomic E-state index is 0.0294. The zero-order valence-electron chi connectivity index (χ0n) is 14.8. The number of nitrogens with one attached hydrogen (secondary N) is 1. The number of rotatable bonds is 9. The number of hydrogen-bond donors (Lipinski definition) is 1. The summed E-state index contributed by atoms with van der Waals surface area (Å²) in [5.74, 6) is -9.32. The molecule has 0 saturated carbocycles. The van der Waals surface area contributed by atoms with Crippen LogP contribution in [0.2, 0.25) is 0 Å². The van der Waals surface area contributed by atoms with Crippen LogP contribution in [0.5, 0.6) is 0 Å². The summed E-state index contributed by atoms with van der Waals surface area (Å²) in [4.78, 5) is 12.6. The lowest BCUT2D eigenvalue weighted by Crippen LogP contribution is -2.52. The van der Waals surface area contributed by atoms with Gasteiger partial charge in [0.1, 0.15) is 17.3 Å². The normalized spacial score (nSPS) is 18.7. The highest BCUT2D eigenvalue weighted by Gasteiger charge is 2.50. The van der Waals surface area contributed by atoms with E-state index in [1.165, 1.54) is 6.92 Å². The second-order valence-corrected chi connectivity index (χ2v) is 11.9. The minimum atomic E-state index is -6.47. The van der Waals surface area contributed by atoms with Crippen LogP contribution in [0.25, 0.3) is 0 Å². The third kappa shape index (κ3) is 8.00. The zero-order valence-corrected chi connectivity index (χ0v) is 17.3. The van der Waals surface area contributed by atoms with Gasteiger partial charge in [-0.25, -0.2) is 34.0 Å². The molecule has 0 aliphatic carbocycles. The highest BCUT2D eigenvalue weighted by molar-refractivity contribution is 8.05. The van der Waals surface area contributed by atoms with Gasteiger partial charge in [0.2, 0.25) is 20.0 Å². The first kappa shape index (κ1) is 26.1. The molecule has 0 atom stereocenters. The number of hydrogen-bond acceptors (Lipinski definition) is 8. The van der Waals surface area contributed by atoms with Crippen LogP contribution >= 0.6 is 0 Å². The molecule has 1 aliphatic heterocycles. The maximum atomic E-state index is 13.9. The highest BCUT2D eigenvalue weighted by atomic mass is 32.3. The van der Waals surface area contributed by atoms with E-state index in [1.54, 1.807) is 4.90 Å². The van der Waals surface area contributed by atoms with E-state index in [9.17, 15) is 52.0 Å². The van der Waals surface area contributed by atoms with Crippen LogP contribution in [0.4, 0.5) is 22.0 Å². The Kier molecular flexibility index (Phi) is 7.79. The average Bonchev–Trinajstić information content (AvgIpc) is 2.41. The summed E-state index contributed by atoms with van der Waals surface area (Å²) in [7, 11) is -16.9. The van der Waals surface area contributed by atoms with E-state index in [0.717, 1.165) is 0 Å². The number of sulfonamides is 3. The number of carbonyl (C=O) groups is 1. The second kappa shape index (κ2) is 8.66. The molecule has 0 spiro atoms. The fraction of sp³-hybridized carbons (Fsp3) is 0.909. The predicted molar refractivity (Wildman–Crippen MR) is 89.3 cm³/mol. The van der Waals surface area contributed by atoms with Crippen molar-refractivity contribution in [2.45, 2.75) is 18.4 Å². The van der Waals surface area contributed by atoms with Crippen LogP contribution in [0.1, 0.15) is 6.92 Å². The van der Waals surface area contributed by atoms with E-state index in [0.29, 0.717) is 4.31 Å². The van der Waals surface area contributed by atoms with Gasteiger partial charge < -0.3 is 0 Å². The van der Waals surface area contributed by atoms with Crippen LogP contribution in [0, 0.1) is 0 Å². The molecule has 1 heterocycles. The van der Waals surface area contributed by atoms with Crippen molar-refractivity contribution < 1.29 is 52.0 Å². The molecule has 29 heavy (non-hydrogen) atoms. The van der Waals surface area contributed by atoms with Gasteiger partial charge in [0, 0.05) is 26.2 Å². The fourth-order valence-corrected chi connectivity index (χ4v) is 6.68. The summed E-state index contributed by atoms with van der Waals surface area (Å²) in [6.45, 7) is 0.902.